The fourth-order valence-electron chi connectivity index (χ4n) is 2.57. The van der Waals surface area contributed by atoms with Crippen molar-refractivity contribution in [2.24, 2.45) is 0 Å². The molecule has 1 unspecified atom stereocenters. The van der Waals surface area contributed by atoms with Gasteiger partial charge in [0.25, 0.3) is 0 Å². The van der Waals surface area contributed by atoms with E-state index >= 15 is 0 Å². The van der Waals surface area contributed by atoms with Gasteiger partial charge in [-0.2, -0.15) is 0 Å². The van der Waals surface area contributed by atoms with Crippen LogP contribution in [0.4, 0.5) is 0 Å². The molecule has 1 aromatic carbocycles. The first-order chi connectivity index (χ1) is 12.9. The second-order valence-electron chi connectivity index (χ2n) is 5.82. The molecule has 0 saturated carbocycles. The molecule has 1 atom stereocenters. The molecule has 0 bridgehead atoms. The van der Waals surface area contributed by atoms with Crippen molar-refractivity contribution in [2.45, 2.75) is 19.4 Å². The van der Waals surface area contributed by atoms with E-state index in [0.29, 0.717) is 22.0 Å². The van der Waals surface area contributed by atoms with Gasteiger partial charge in [-0.15, -0.1) is 0 Å². The number of aromatic amines is 1. The lowest BCUT2D eigenvalue weighted by molar-refractivity contribution is -0.152. The Kier molecular flexibility index (Phi) is 6.67. The average molecular weight is 371 g/mol. The number of aromatic nitrogens is 1. The Labute approximate surface area is 156 Å². The molecular weight excluding hydrogens is 350 g/mol. The van der Waals surface area contributed by atoms with E-state index in [1.165, 1.54) is 19.1 Å². The lowest BCUT2D eigenvalue weighted by Gasteiger charge is -2.11. The Hall–Kier alpha value is -3.19. The molecular formula is C20H21NO6. The van der Waals surface area contributed by atoms with Crippen molar-refractivity contribution in [3.8, 4) is 0 Å². The van der Waals surface area contributed by atoms with Crippen molar-refractivity contribution < 1.29 is 29.0 Å². The first-order valence-electron chi connectivity index (χ1n) is 8.28. The zero-order valence-electron chi connectivity index (χ0n) is 15.0. The van der Waals surface area contributed by atoms with Crippen molar-refractivity contribution in [1.29, 1.82) is 0 Å². The molecule has 0 radical (unpaired) electrons. The van der Waals surface area contributed by atoms with Crippen molar-refractivity contribution in [3.05, 3.63) is 60.3 Å². The Morgan fingerprint density at radius 1 is 1.19 bits per heavy atom. The van der Waals surface area contributed by atoms with E-state index in [1.54, 1.807) is 18.2 Å². The molecule has 1 aromatic heterocycles. The van der Waals surface area contributed by atoms with E-state index in [9.17, 15) is 19.5 Å². The third-order valence-corrected chi connectivity index (χ3v) is 3.86. The summed E-state index contributed by atoms with van der Waals surface area (Å²) in [6, 6.07) is 4.89. The maximum absolute atomic E-state index is 12.4. The number of H-pyrrole nitrogens is 1. The predicted octanol–water partition coefficient (Wildman–Crippen LogP) is 2.35. The van der Waals surface area contributed by atoms with Gasteiger partial charge >= 0.3 is 11.9 Å². The number of rotatable bonds is 9. The van der Waals surface area contributed by atoms with Gasteiger partial charge in [-0.1, -0.05) is 25.3 Å². The van der Waals surface area contributed by atoms with Gasteiger partial charge in [-0.3, -0.25) is 4.79 Å². The summed E-state index contributed by atoms with van der Waals surface area (Å²) in [7, 11) is 0. The molecule has 0 fully saturated rings. The number of aliphatic hydroxyl groups is 1. The second kappa shape index (κ2) is 8.95. The fourth-order valence-corrected chi connectivity index (χ4v) is 2.57. The molecule has 27 heavy (non-hydrogen) atoms. The van der Waals surface area contributed by atoms with E-state index < -0.39 is 18.0 Å². The molecule has 2 N–H and O–H groups in total. The molecule has 0 spiro atoms. The first kappa shape index (κ1) is 20.1. The maximum atomic E-state index is 12.4. The number of esters is 2. The van der Waals surface area contributed by atoms with Crippen molar-refractivity contribution >= 4 is 28.6 Å². The highest BCUT2D eigenvalue weighted by molar-refractivity contribution is 6.02. The summed E-state index contributed by atoms with van der Waals surface area (Å²) >= 11 is 0. The number of Topliss-reactive ketones (excluding diaryl/α,β-unsaturated/α-hetero) is 1. The summed E-state index contributed by atoms with van der Waals surface area (Å²) in [5.74, 6) is -1.64. The zero-order valence-corrected chi connectivity index (χ0v) is 15.0. The summed E-state index contributed by atoms with van der Waals surface area (Å²) in [5, 5.41) is 10.7. The predicted molar refractivity (Wildman–Crippen MR) is 99.6 cm³/mol. The summed E-state index contributed by atoms with van der Waals surface area (Å²) in [5.41, 5.74) is 1.48. The Morgan fingerprint density at radius 2 is 1.85 bits per heavy atom. The Morgan fingerprint density at radius 3 is 2.48 bits per heavy atom. The molecule has 0 amide bonds. The highest BCUT2D eigenvalue weighted by atomic mass is 16.5. The smallest absolute Gasteiger partial charge is 0.355 e. The number of carbonyl (C=O) groups is 3. The van der Waals surface area contributed by atoms with Gasteiger partial charge < -0.3 is 19.6 Å². The van der Waals surface area contributed by atoms with Gasteiger partial charge in [0.15, 0.2) is 11.9 Å². The highest BCUT2D eigenvalue weighted by Gasteiger charge is 2.25. The molecule has 2 aromatic rings. The molecule has 0 aliphatic carbocycles. The summed E-state index contributed by atoms with van der Waals surface area (Å²) < 4.78 is 9.91. The lowest BCUT2D eigenvalue weighted by atomic mass is 10.0. The number of aliphatic hydroxyl groups excluding tert-OH is 1. The molecule has 0 aliphatic rings. The number of nitrogens with one attached hydrogen (secondary N) is 1. The third-order valence-electron chi connectivity index (χ3n) is 3.86. The molecule has 7 nitrogen and oxygen atoms in total. The highest BCUT2D eigenvalue weighted by Crippen LogP contribution is 2.26. The number of carbonyl (C=O) groups excluding carboxylic acids is 3. The molecule has 1 heterocycles. The second-order valence-corrected chi connectivity index (χ2v) is 5.82. The number of ketones is 1. The van der Waals surface area contributed by atoms with Crippen molar-refractivity contribution in [3.63, 3.8) is 0 Å². The standard InChI is InChI=1S/C20H21NO6/c1-4-8-26-19(24)17(23)11-15-14-10-13(12(3)22)6-7-16(14)21-18(15)20(25)27-9-5-2/h4-7,10,17,21,23H,1-2,8-9,11H2,3H3. The van der Waals surface area contributed by atoms with Crippen LogP contribution in [0.3, 0.4) is 0 Å². The number of ether oxygens (including phenoxy) is 2. The van der Waals surface area contributed by atoms with Crippen LogP contribution in [-0.4, -0.2) is 47.1 Å². The van der Waals surface area contributed by atoms with Crippen LogP contribution in [0.5, 0.6) is 0 Å². The maximum Gasteiger partial charge on any atom is 0.355 e. The monoisotopic (exact) mass is 371 g/mol. The van der Waals surface area contributed by atoms with Crippen LogP contribution in [0.15, 0.2) is 43.5 Å². The van der Waals surface area contributed by atoms with E-state index in [-0.39, 0.29) is 31.1 Å². The van der Waals surface area contributed by atoms with Gasteiger partial charge in [0.05, 0.1) is 0 Å². The fraction of sp³-hybridized carbons (Fsp3) is 0.250. The zero-order chi connectivity index (χ0) is 20.0. The normalized spacial score (nSPS) is 11.6. The van der Waals surface area contributed by atoms with E-state index in [0.717, 1.165) is 0 Å². The molecule has 2 rings (SSSR count). The van der Waals surface area contributed by atoms with Crippen LogP contribution in [0.25, 0.3) is 10.9 Å². The molecule has 0 saturated heterocycles. The van der Waals surface area contributed by atoms with Gasteiger partial charge in [0, 0.05) is 22.9 Å². The Balaban J connectivity index is 2.47. The van der Waals surface area contributed by atoms with Crippen LogP contribution in [0.2, 0.25) is 0 Å². The van der Waals surface area contributed by atoms with Gasteiger partial charge in [-0.25, -0.2) is 9.59 Å². The van der Waals surface area contributed by atoms with Crippen LogP contribution in [0, 0.1) is 0 Å². The van der Waals surface area contributed by atoms with E-state index in [4.69, 9.17) is 9.47 Å². The van der Waals surface area contributed by atoms with Gasteiger partial charge in [0.1, 0.15) is 18.9 Å². The van der Waals surface area contributed by atoms with Crippen molar-refractivity contribution in [1.82, 2.24) is 4.98 Å². The summed E-state index contributed by atoms with van der Waals surface area (Å²) in [6.45, 7) is 8.32. The number of hydrogen-bond donors (Lipinski definition) is 2. The average Bonchev–Trinajstić information content (AvgIpc) is 3.01. The van der Waals surface area contributed by atoms with Crippen LogP contribution >= 0.6 is 0 Å². The minimum Gasteiger partial charge on any atom is -0.460 e. The minimum absolute atomic E-state index is 0.0102. The van der Waals surface area contributed by atoms with Crippen molar-refractivity contribution in [2.75, 3.05) is 13.2 Å². The van der Waals surface area contributed by atoms with Crippen LogP contribution in [0.1, 0.15) is 33.3 Å². The SMILES string of the molecule is C=CCOC(=O)c1[nH]c2ccc(C(C)=O)cc2c1CC(O)C(=O)OCC=C. The van der Waals surface area contributed by atoms with Gasteiger partial charge in [0.2, 0.25) is 0 Å². The largest absolute Gasteiger partial charge is 0.460 e. The summed E-state index contributed by atoms with van der Waals surface area (Å²) in [4.78, 5) is 38.8. The van der Waals surface area contributed by atoms with Gasteiger partial charge in [-0.05, 0) is 30.7 Å². The topological polar surface area (TPSA) is 106 Å². The number of benzene rings is 1. The quantitative estimate of drug-likeness (QED) is 0.398. The van der Waals surface area contributed by atoms with E-state index in [1.807, 2.05) is 0 Å². The number of hydrogen-bond acceptors (Lipinski definition) is 6. The third kappa shape index (κ3) is 4.71. The lowest BCUT2D eigenvalue weighted by Crippen LogP contribution is -2.26. The minimum atomic E-state index is -1.49. The first-order valence-corrected chi connectivity index (χ1v) is 8.28. The molecule has 142 valence electrons. The van der Waals surface area contributed by atoms with Crippen LogP contribution in [-0.2, 0) is 20.7 Å². The van der Waals surface area contributed by atoms with E-state index in [2.05, 4.69) is 18.1 Å². The molecule has 0 aliphatic heterocycles. The molecule has 7 heteroatoms. The number of fused-ring (bicyclic) bond motifs is 1. The summed E-state index contributed by atoms with van der Waals surface area (Å²) in [6.07, 6.45) is 1.13. The Bertz CT molecular complexity index is 895. The van der Waals surface area contributed by atoms with Crippen LogP contribution < -0.4 is 0 Å².